The summed E-state index contributed by atoms with van der Waals surface area (Å²) in [7, 11) is 0. The van der Waals surface area contributed by atoms with Crippen molar-refractivity contribution in [2.75, 3.05) is 9.80 Å². The molecule has 0 saturated carbocycles. The Morgan fingerprint density at radius 2 is 0.750 bits per heavy atom. The zero-order chi connectivity index (χ0) is 39.9. The molecule has 12 rings (SSSR count). The summed E-state index contributed by atoms with van der Waals surface area (Å²) >= 11 is 0. The molecule has 0 N–H and O–H groups in total. The molecule has 8 aromatic carbocycles. The van der Waals surface area contributed by atoms with Crippen molar-refractivity contribution >= 4 is 111 Å². The van der Waals surface area contributed by atoms with Crippen molar-refractivity contribution in [3.05, 3.63) is 181 Å². The third-order valence-corrected chi connectivity index (χ3v) is 12.0. The number of fused-ring (bicyclic) bond motifs is 6. The van der Waals surface area contributed by atoms with Gasteiger partial charge in [-0.15, -0.1) is 0 Å². The lowest BCUT2D eigenvalue weighted by Crippen LogP contribution is -2.12. The first kappa shape index (κ1) is 34.4. The molecule has 0 aliphatic carbocycles. The van der Waals surface area contributed by atoms with E-state index in [0.29, 0.717) is 0 Å². The van der Waals surface area contributed by atoms with E-state index in [1.807, 2.05) is 24.3 Å². The monoisotopic (exact) mass is 774 g/mol. The van der Waals surface area contributed by atoms with Gasteiger partial charge >= 0.3 is 0 Å². The van der Waals surface area contributed by atoms with E-state index in [-0.39, 0.29) is 0 Å². The lowest BCUT2D eigenvalue weighted by atomic mass is 9.94. The molecule has 0 atom stereocenters. The average Bonchev–Trinajstić information content (AvgIpc) is 3.86. The van der Waals surface area contributed by atoms with Gasteiger partial charge in [0.25, 0.3) is 0 Å². The zero-order valence-corrected chi connectivity index (χ0v) is 33.2. The minimum absolute atomic E-state index is 0.765. The number of aromatic nitrogens is 2. The van der Waals surface area contributed by atoms with Gasteiger partial charge < -0.3 is 18.6 Å². The molecule has 0 fully saturated rings. The molecule has 0 unspecified atom stereocenters. The number of para-hydroxylation sites is 4. The van der Waals surface area contributed by atoms with Crippen LogP contribution in [0.25, 0.3) is 76.5 Å². The van der Waals surface area contributed by atoms with Crippen molar-refractivity contribution < 1.29 is 8.83 Å². The van der Waals surface area contributed by atoms with Gasteiger partial charge in [-0.25, -0.2) is 0 Å². The quantitative estimate of drug-likeness (QED) is 0.143. The first-order chi connectivity index (χ1) is 29.6. The number of anilines is 6. The number of pyridine rings is 2. The predicted octanol–water partition coefficient (Wildman–Crippen LogP) is 15.2. The Morgan fingerprint density at radius 3 is 1.18 bits per heavy atom. The Kier molecular flexibility index (Phi) is 7.69. The standard InChI is InChI=1S/C54H38N4O2/c1-3-45-43-27-37(57(33-15-7-5-8-16-33)35-23-25-41-39-19-11-13-21-49(39)59-51(41)31-35)30-48-53(43)54-44(46(4-2)56-48)28-38(29-47(54)55-45)58(34-17-9-6-10-18-34)36-24-26-42-40-20-12-14-22-50(40)60-52(42)32-36/h5-32H,3-4H2,1-2H3. The molecule has 0 bridgehead atoms. The smallest absolute Gasteiger partial charge is 0.137 e. The van der Waals surface area contributed by atoms with Crippen LogP contribution < -0.4 is 9.80 Å². The molecule has 0 spiro atoms. The van der Waals surface area contributed by atoms with E-state index >= 15 is 0 Å². The van der Waals surface area contributed by atoms with Gasteiger partial charge in [-0.05, 0) is 97.8 Å². The molecule has 60 heavy (non-hydrogen) atoms. The SMILES string of the molecule is CCc1nc2cc(N(c3ccccc3)c3ccc4c(c3)oc3ccccc34)cc3c(CC)nc4cc(N(c5ccccc5)c5ccc6c(c5)oc5ccccc56)cc1c4c23. The van der Waals surface area contributed by atoms with Gasteiger partial charge in [-0.3, -0.25) is 9.97 Å². The Bertz CT molecular complexity index is 3350. The number of nitrogens with zero attached hydrogens (tertiary/aromatic N) is 4. The molecule has 6 nitrogen and oxygen atoms in total. The van der Waals surface area contributed by atoms with Crippen LogP contribution in [0.4, 0.5) is 34.1 Å². The molecule has 0 aliphatic heterocycles. The summed E-state index contributed by atoms with van der Waals surface area (Å²) < 4.78 is 12.8. The number of rotatable bonds is 8. The fourth-order valence-electron chi connectivity index (χ4n) is 9.35. The fraction of sp³-hybridized carbons (Fsp3) is 0.0741. The van der Waals surface area contributed by atoms with Gasteiger partial charge in [0.15, 0.2) is 0 Å². The summed E-state index contributed by atoms with van der Waals surface area (Å²) in [6, 6.07) is 59.7. The molecule has 0 aliphatic rings. The Hall–Kier alpha value is -7.70. The number of benzene rings is 8. The van der Waals surface area contributed by atoms with Gasteiger partial charge in [0, 0.05) is 101 Å². The van der Waals surface area contributed by atoms with Crippen LogP contribution in [0, 0.1) is 0 Å². The van der Waals surface area contributed by atoms with Crippen molar-refractivity contribution in [1.29, 1.82) is 0 Å². The minimum Gasteiger partial charge on any atom is -0.456 e. The van der Waals surface area contributed by atoms with E-state index in [2.05, 4.69) is 169 Å². The van der Waals surface area contributed by atoms with Crippen LogP contribution in [0.15, 0.2) is 179 Å². The number of hydrogen-bond acceptors (Lipinski definition) is 6. The Morgan fingerprint density at radius 1 is 0.350 bits per heavy atom. The summed E-state index contributed by atoms with van der Waals surface area (Å²) in [4.78, 5) is 15.6. The van der Waals surface area contributed by atoms with Crippen molar-refractivity contribution in [2.45, 2.75) is 26.7 Å². The molecular formula is C54H38N4O2. The molecule has 6 heteroatoms. The second-order valence-corrected chi connectivity index (χ2v) is 15.5. The van der Waals surface area contributed by atoms with E-state index in [1.54, 1.807) is 0 Å². The number of aryl methyl sites for hydroxylation is 2. The van der Waals surface area contributed by atoms with Crippen LogP contribution in [0.3, 0.4) is 0 Å². The summed E-state index contributed by atoms with van der Waals surface area (Å²) in [5, 5.41) is 8.97. The molecular weight excluding hydrogens is 737 g/mol. The van der Waals surface area contributed by atoms with Gasteiger partial charge in [-0.2, -0.15) is 0 Å². The normalized spacial score (nSPS) is 12.0. The van der Waals surface area contributed by atoms with Crippen LogP contribution in [-0.4, -0.2) is 9.97 Å². The van der Waals surface area contributed by atoms with Crippen molar-refractivity contribution in [1.82, 2.24) is 9.97 Å². The molecule has 0 saturated heterocycles. The summed E-state index contributed by atoms with van der Waals surface area (Å²) in [5.74, 6) is 0. The highest BCUT2D eigenvalue weighted by molar-refractivity contribution is 6.24. The van der Waals surface area contributed by atoms with Gasteiger partial charge in [0.05, 0.1) is 11.0 Å². The van der Waals surface area contributed by atoms with E-state index in [1.165, 1.54) is 0 Å². The predicted molar refractivity (Wildman–Crippen MR) is 248 cm³/mol. The van der Waals surface area contributed by atoms with Crippen LogP contribution in [0.5, 0.6) is 0 Å². The van der Waals surface area contributed by atoms with E-state index in [0.717, 1.165) is 135 Å². The second-order valence-electron chi connectivity index (χ2n) is 15.5. The maximum absolute atomic E-state index is 6.40. The topological polar surface area (TPSA) is 58.5 Å². The lowest BCUT2D eigenvalue weighted by molar-refractivity contribution is 0.668. The number of hydrogen-bond donors (Lipinski definition) is 0. The molecule has 0 radical (unpaired) electrons. The largest absolute Gasteiger partial charge is 0.456 e. The molecule has 12 aromatic rings. The molecule has 4 aromatic heterocycles. The summed E-state index contributed by atoms with van der Waals surface area (Å²) in [6.45, 7) is 4.39. The number of furan rings is 2. The maximum Gasteiger partial charge on any atom is 0.137 e. The highest BCUT2D eigenvalue weighted by atomic mass is 16.3. The Labute approximate surface area is 345 Å². The van der Waals surface area contributed by atoms with Crippen LogP contribution in [0.2, 0.25) is 0 Å². The highest BCUT2D eigenvalue weighted by Gasteiger charge is 2.24. The van der Waals surface area contributed by atoms with Crippen molar-refractivity contribution in [2.24, 2.45) is 0 Å². The van der Waals surface area contributed by atoms with Crippen molar-refractivity contribution in [3.8, 4) is 0 Å². The van der Waals surface area contributed by atoms with Crippen LogP contribution in [0.1, 0.15) is 25.2 Å². The molecule has 0 amide bonds. The van der Waals surface area contributed by atoms with Crippen molar-refractivity contribution in [3.63, 3.8) is 0 Å². The van der Waals surface area contributed by atoms with E-state index < -0.39 is 0 Å². The fourth-order valence-corrected chi connectivity index (χ4v) is 9.35. The second kappa shape index (κ2) is 13.4. The van der Waals surface area contributed by atoms with Crippen LogP contribution in [-0.2, 0) is 12.8 Å². The Balaban J connectivity index is 1.07. The highest BCUT2D eigenvalue weighted by Crippen LogP contribution is 2.46. The summed E-state index contributed by atoms with van der Waals surface area (Å²) in [5.41, 5.74) is 13.6. The maximum atomic E-state index is 6.40. The van der Waals surface area contributed by atoms with Gasteiger partial charge in [0.2, 0.25) is 0 Å². The van der Waals surface area contributed by atoms with E-state index in [9.17, 15) is 0 Å². The first-order valence-corrected chi connectivity index (χ1v) is 20.7. The molecule has 4 heterocycles. The zero-order valence-electron chi connectivity index (χ0n) is 33.2. The lowest BCUT2D eigenvalue weighted by Gasteiger charge is -2.28. The third-order valence-electron chi connectivity index (χ3n) is 12.0. The third kappa shape index (κ3) is 5.27. The summed E-state index contributed by atoms with van der Waals surface area (Å²) in [6.07, 6.45) is 1.53. The van der Waals surface area contributed by atoms with Gasteiger partial charge in [0.1, 0.15) is 22.3 Å². The van der Waals surface area contributed by atoms with E-state index in [4.69, 9.17) is 18.8 Å². The molecule has 286 valence electrons. The first-order valence-electron chi connectivity index (χ1n) is 20.7. The van der Waals surface area contributed by atoms with Crippen LogP contribution >= 0.6 is 0 Å². The minimum atomic E-state index is 0.765. The van der Waals surface area contributed by atoms with Gasteiger partial charge in [-0.1, -0.05) is 86.6 Å². The average molecular weight is 775 g/mol.